The molecule has 0 bridgehead atoms. The molecule has 18 heavy (non-hydrogen) atoms. The number of ether oxygens (including phenoxy) is 1. The van der Waals surface area contributed by atoms with E-state index in [1.807, 2.05) is 24.3 Å². The molecule has 3 nitrogen and oxygen atoms in total. The number of methoxy groups -OCH3 is 1. The molecule has 1 aromatic heterocycles. The van der Waals surface area contributed by atoms with E-state index in [2.05, 4.69) is 20.9 Å². The molecule has 0 saturated carbocycles. The molecule has 0 saturated heterocycles. The van der Waals surface area contributed by atoms with Crippen molar-refractivity contribution in [2.45, 2.75) is 6.04 Å². The summed E-state index contributed by atoms with van der Waals surface area (Å²) in [5, 5.41) is 0.652. The first kappa shape index (κ1) is 13.3. The van der Waals surface area contributed by atoms with Gasteiger partial charge < -0.3 is 10.5 Å². The van der Waals surface area contributed by atoms with Crippen LogP contribution in [-0.2, 0) is 0 Å². The topological polar surface area (TPSA) is 48.1 Å². The lowest BCUT2D eigenvalue weighted by Crippen LogP contribution is -2.14. The molecule has 1 heterocycles. The first-order valence-electron chi connectivity index (χ1n) is 5.33. The fraction of sp³-hybridized carbons (Fsp3) is 0.154. The fourth-order valence-electron chi connectivity index (χ4n) is 1.67. The van der Waals surface area contributed by atoms with E-state index in [1.54, 1.807) is 19.4 Å². The molecule has 0 aliphatic heterocycles. The van der Waals surface area contributed by atoms with Gasteiger partial charge in [0.2, 0.25) is 0 Å². The van der Waals surface area contributed by atoms with Crippen molar-refractivity contribution in [1.29, 1.82) is 0 Å². The van der Waals surface area contributed by atoms with Gasteiger partial charge in [-0.2, -0.15) is 0 Å². The highest BCUT2D eigenvalue weighted by Gasteiger charge is 2.16. The van der Waals surface area contributed by atoms with Crippen LogP contribution in [0.25, 0.3) is 0 Å². The van der Waals surface area contributed by atoms with E-state index in [0.717, 1.165) is 10.0 Å². The summed E-state index contributed by atoms with van der Waals surface area (Å²) in [5.41, 5.74) is 7.83. The van der Waals surface area contributed by atoms with Crippen LogP contribution < -0.4 is 10.5 Å². The first-order chi connectivity index (χ1) is 8.63. The Labute approximate surface area is 119 Å². The van der Waals surface area contributed by atoms with Gasteiger partial charge in [0.05, 0.1) is 18.2 Å². The van der Waals surface area contributed by atoms with Crippen LogP contribution in [0.5, 0.6) is 5.75 Å². The van der Waals surface area contributed by atoms with Gasteiger partial charge in [-0.3, -0.25) is 4.98 Å². The lowest BCUT2D eigenvalue weighted by molar-refractivity contribution is 0.404. The van der Waals surface area contributed by atoms with E-state index < -0.39 is 0 Å². The first-order valence-corrected chi connectivity index (χ1v) is 6.50. The van der Waals surface area contributed by atoms with Gasteiger partial charge in [0.25, 0.3) is 0 Å². The van der Waals surface area contributed by atoms with E-state index in [1.165, 1.54) is 0 Å². The number of rotatable bonds is 3. The Morgan fingerprint density at radius 1 is 1.39 bits per heavy atom. The number of benzene rings is 1. The Kier molecular flexibility index (Phi) is 4.22. The van der Waals surface area contributed by atoms with Crippen LogP contribution >= 0.6 is 27.5 Å². The zero-order chi connectivity index (χ0) is 13.1. The number of aromatic nitrogens is 1. The summed E-state index contributed by atoms with van der Waals surface area (Å²) in [6, 6.07) is 8.87. The lowest BCUT2D eigenvalue weighted by Gasteiger charge is -2.15. The van der Waals surface area contributed by atoms with Gasteiger partial charge in [-0.1, -0.05) is 17.7 Å². The van der Waals surface area contributed by atoms with Gasteiger partial charge >= 0.3 is 0 Å². The van der Waals surface area contributed by atoms with Gasteiger partial charge in [0.15, 0.2) is 0 Å². The molecule has 0 radical (unpaired) electrons. The fourth-order valence-corrected chi connectivity index (χ4v) is 2.19. The minimum Gasteiger partial charge on any atom is -0.495 e. The molecule has 5 heteroatoms. The second-order valence-corrected chi connectivity index (χ2v) is 5.00. The molecular formula is C13H12BrClN2O. The van der Waals surface area contributed by atoms with Crippen molar-refractivity contribution in [3.63, 3.8) is 0 Å². The van der Waals surface area contributed by atoms with Crippen molar-refractivity contribution in [3.05, 3.63) is 57.3 Å². The van der Waals surface area contributed by atoms with Crippen LogP contribution in [0.4, 0.5) is 0 Å². The zero-order valence-electron chi connectivity index (χ0n) is 9.73. The molecule has 0 aliphatic rings. The van der Waals surface area contributed by atoms with Crippen molar-refractivity contribution in [2.75, 3.05) is 7.11 Å². The van der Waals surface area contributed by atoms with Gasteiger partial charge in [0.1, 0.15) is 11.4 Å². The van der Waals surface area contributed by atoms with Crippen LogP contribution in [0.2, 0.25) is 5.02 Å². The Morgan fingerprint density at radius 2 is 2.17 bits per heavy atom. The normalized spacial score (nSPS) is 12.2. The van der Waals surface area contributed by atoms with Crippen molar-refractivity contribution in [2.24, 2.45) is 5.73 Å². The minimum atomic E-state index is -0.352. The van der Waals surface area contributed by atoms with Crippen molar-refractivity contribution in [1.82, 2.24) is 4.98 Å². The van der Waals surface area contributed by atoms with E-state index in [9.17, 15) is 0 Å². The van der Waals surface area contributed by atoms with Crippen LogP contribution in [0.1, 0.15) is 17.3 Å². The van der Waals surface area contributed by atoms with E-state index in [-0.39, 0.29) is 6.04 Å². The maximum atomic E-state index is 6.21. The summed E-state index contributed by atoms with van der Waals surface area (Å²) in [6.45, 7) is 0. The molecule has 1 atom stereocenters. The lowest BCUT2D eigenvalue weighted by atomic mass is 10.0. The number of nitrogens with zero attached hydrogens (tertiary/aromatic N) is 1. The zero-order valence-corrected chi connectivity index (χ0v) is 12.1. The summed E-state index contributed by atoms with van der Waals surface area (Å²) in [4.78, 5) is 4.28. The molecule has 2 aromatic rings. The van der Waals surface area contributed by atoms with Gasteiger partial charge in [-0.05, 0) is 45.8 Å². The van der Waals surface area contributed by atoms with Crippen LogP contribution in [0.3, 0.4) is 0 Å². The Bertz CT molecular complexity index is 562. The molecule has 0 aliphatic carbocycles. The quantitative estimate of drug-likeness (QED) is 0.938. The summed E-state index contributed by atoms with van der Waals surface area (Å²) in [5.74, 6) is 0.677. The third-order valence-electron chi connectivity index (χ3n) is 2.62. The van der Waals surface area contributed by atoms with E-state index in [0.29, 0.717) is 16.5 Å². The molecule has 0 fully saturated rings. The largest absolute Gasteiger partial charge is 0.495 e. The highest BCUT2D eigenvalue weighted by atomic mass is 79.9. The minimum absolute atomic E-state index is 0.352. The average Bonchev–Trinajstić information content (AvgIpc) is 2.41. The summed E-state index contributed by atoms with van der Waals surface area (Å²) >= 11 is 9.35. The molecule has 0 spiro atoms. The Hall–Kier alpha value is -1.10. The predicted octanol–water partition coefficient (Wildman–Crippen LogP) is 3.55. The van der Waals surface area contributed by atoms with Crippen molar-refractivity contribution >= 4 is 27.5 Å². The summed E-state index contributed by atoms with van der Waals surface area (Å²) in [7, 11) is 1.60. The molecule has 94 valence electrons. The van der Waals surface area contributed by atoms with E-state index in [4.69, 9.17) is 22.1 Å². The monoisotopic (exact) mass is 326 g/mol. The number of nitrogens with two attached hydrogens (primary N) is 1. The Balaban J connectivity index is 2.41. The maximum absolute atomic E-state index is 6.21. The highest BCUT2D eigenvalue weighted by molar-refractivity contribution is 9.10. The Morgan fingerprint density at radius 3 is 2.83 bits per heavy atom. The molecule has 2 rings (SSSR count). The molecule has 1 unspecified atom stereocenters. The maximum Gasteiger partial charge on any atom is 0.142 e. The molecular weight excluding hydrogens is 316 g/mol. The standard InChI is InChI=1S/C13H12BrClN2O/c1-18-11-3-2-6-17-13(11)12(16)8-4-5-10(15)9(14)7-8/h2-7,12H,16H2,1H3. The summed E-state index contributed by atoms with van der Waals surface area (Å²) < 4.78 is 6.07. The molecule has 0 amide bonds. The number of hydrogen-bond donors (Lipinski definition) is 1. The number of halogens is 2. The predicted molar refractivity (Wildman–Crippen MR) is 76.0 cm³/mol. The van der Waals surface area contributed by atoms with Crippen molar-refractivity contribution < 1.29 is 4.74 Å². The van der Waals surface area contributed by atoms with Crippen LogP contribution in [0, 0.1) is 0 Å². The van der Waals surface area contributed by atoms with Gasteiger partial charge in [0, 0.05) is 10.7 Å². The second-order valence-electron chi connectivity index (χ2n) is 3.74. The smallest absolute Gasteiger partial charge is 0.142 e. The SMILES string of the molecule is COc1cccnc1C(N)c1ccc(Cl)c(Br)c1. The van der Waals surface area contributed by atoms with Crippen LogP contribution in [-0.4, -0.2) is 12.1 Å². The third kappa shape index (κ3) is 2.66. The second kappa shape index (κ2) is 5.69. The molecule has 2 N–H and O–H groups in total. The van der Waals surface area contributed by atoms with Crippen molar-refractivity contribution in [3.8, 4) is 5.75 Å². The summed E-state index contributed by atoms with van der Waals surface area (Å²) in [6.07, 6.45) is 1.70. The van der Waals surface area contributed by atoms with E-state index >= 15 is 0 Å². The average molecular weight is 328 g/mol. The highest BCUT2D eigenvalue weighted by Crippen LogP contribution is 2.30. The third-order valence-corrected chi connectivity index (χ3v) is 3.83. The number of hydrogen-bond acceptors (Lipinski definition) is 3. The van der Waals surface area contributed by atoms with Gasteiger partial charge in [-0.25, -0.2) is 0 Å². The molecule has 1 aromatic carbocycles. The van der Waals surface area contributed by atoms with Crippen LogP contribution in [0.15, 0.2) is 41.0 Å². The number of pyridine rings is 1. The van der Waals surface area contributed by atoms with Gasteiger partial charge in [-0.15, -0.1) is 0 Å².